The van der Waals surface area contributed by atoms with Gasteiger partial charge >= 0.3 is 0 Å². The van der Waals surface area contributed by atoms with Gasteiger partial charge < -0.3 is 29.2 Å². The molecule has 1 heterocycles. The Kier molecular flexibility index (Phi) is 7.21. The van der Waals surface area contributed by atoms with Crippen LogP contribution in [0.2, 0.25) is 0 Å². The van der Waals surface area contributed by atoms with Crippen molar-refractivity contribution in [2.24, 2.45) is 0 Å². The van der Waals surface area contributed by atoms with Crippen molar-refractivity contribution in [3.63, 3.8) is 0 Å². The van der Waals surface area contributed by atoms with Crippen LogP contribution in [-0.4, -0.2) is 57.1 Å². The summed E-state index contributed by atoms with van der Waals surface area (Å²) in [5, 5.41) is 23.5. The van der Waals surface area contributed by atoms with Gasteiger partial charge in [0.15, 0.2) is 12.3 Å². The van der Waals surface area contributed by atoms with Crippen LogP contribution < -0.4 is 10.4 Å². The molecule has 0 N–H and O–H groups in total. The molecule has 0 aliphatic carbocycles. The molecule has 1 fully saturated rings. The Morgan fingerprint density at radius 3 is 2.52 bits per heavy atom. The predicted molar refractivity (Wildman–Crippen MR) is 54.7 cm³/mol. The molecule has 1 saturated heterocycles. The lowest BCUT2D eigenvalue weighted by Gasteiger charge is -2.40. The van der Waals surface area contributed by atoms with Crippen molar-refractivity contribution >= 4 is 28.7 Å². The first-order valence-electron chi connectivity index (χ1n) is 5.08. The molecule has 0 radical (unpaired) electrons. The van der Waals surface area contributed by atoms with E-state index in [0.29, 0.717) is 0 Å². The zero-order chi connectivity index (χ0) is 16.0. The highest BCUT2D eigenvalue weighted by Gasteiger charge is 2.44. The van der Waals surface area contributed by atoms with Crippen molar-refractivity contribution in [2.75, 3.05) is 13.7 Å². The number of methoxy groups -OCH3 is 1. The molecular weight excluding hydrogens is 340 g/mol. The van der Waals surface area contributed by atoms with Gasteiger partial charge in [0.2, 0.25) is 10.4 Å². The summed E-state index contributed by atoms with van der Waals surface area (Å²) in [6.45, 7) is -0.581. The largest absolute Gasteiger partial charge is 0.726 e. The molecule has 0 bridgehead atoms. The molecule has 0 amide bonds. The maximum Gasteiger partial charge on any atom is 0.218 e. The number of ether oxygens (including phenoxy) is 2. The van der Waals surface area contributed by atoms with Gasteiger partial charge in [-0.3, -0.25) is 13.4 Å². The van der Waals surface area contributed by atoms with Gasteiger partial charge in [-0.25, -0.2) is 8.42 Å². The number of carboxylic acid groups (broad SMARTS) is 1. The first-order valence-corrected chi connectivity index (χ1v) is 7.08. The smallest absolute Gasteiger partial charge is 0.218 e. The lowest BCUT2D eigenvalue weighted by Crippen LogP contribution is -2.60. The zero-order valence-electron chi connectivity index (χ0n) is 10.2. The highest BCUT2D eigenvalue weighted by Crippen LogP contribution is 2.27. The first-order chi connectivity index (χ1) is 9.80. The minimum atomic E-state index is -5.09. The van der Waals surface area contributed by atoms with Crippen LogP contribution in [-0.2, 0) is 42.4 Å². The van der Waals surface area contributed by atoms with Gasteiger partial charge in [-0.2, -0.15) is 0 Å². The second kappa shape index (κ2) is 8.18. The number of hydrogen-bond donors (Lipinski definition) is 0. The fourth-order valence-corrected chi connectivity index (χ4v) is 2.50. The van der Waals surface area contributed by atoms with Crippen LogP contribution in [0.15, 0.2) is 0 Å². The molecular formula is C7H9O12S2-3. The summed E-state index contributed by atoms with van der Waals surface area (Å²) in [5.41, 5.74) is 0. The molecule has 1 aliphatic rings. The minimum absolute atomic E-state index is 0.0489. The Morgan fingerprint density at radius 1 is 1.38 bits per heavy atom. The average molecular weight is 349 g/mol. The van der Waals surface area contributed by atoms with Gasteiger partial charge in [0, 0.05) is 7.11 Å². The molecule has 0 spiro atoms. The Morgan fingerprint density at radius 2 is 2.05 bits per heavy atom. The predicted octanol–water partition coefficient (Wildman–Crippen LogP) is -3.83. The number of hydrogen-bond acceptors (Lipinski definition) is 13. The second-order valence-corrected chi connectivity index (χ2v) is 5.05. The van der Waals surface area contributed by atoms with Crippen LogP contribution in [0, 0.1) is 0 Å². The van der Waals surface area contributed by atoms with Crippen molar-refractivity contribution in [1.29, 1.82) is 0 Å². The molecule has 12 nitrogen and oxygen atoms in total. The minimum Gasteiger partial charge on any atom is -0.726 e. The summed E-state index contributed by atoms with van der Waals surface area (Å²) in [7, 11) is -4.01. The third kappa shape index (κ3) is 5.62. The monoisotopic (exact) mass is 349 g/mol. The van der Waals surface area contributed by atoms with Crippen LogP contribution in [0.3, 0.4) is 0 Å². The fourth-order valence-electron chi connectivity index (χ4n) is 1.67. The standard InChI is InChI=1S/C7H12O12S2/c1-14-4-3(17-21(11,12)13)2-15-6(7(8)9)5(4)16-20-19-18-10/h3-6,10H,2H2,1H3,(H,8,9)(H,11,12,13)/p-3/t3?,4-,5+,6?/m0/s1. The third-order valence-corrected chi connectivity index (χ3v) is 3.28. The van der Waals surface area contributed by atoms with Gasteiger partial charge in [0.1, 0.15) is 24.4 Å². The summed E-state index contributed by atoms with van der Waals surface area (Å²) < 4.78 is 54.2. The lowest BCUT2D eigenvalue weighted by atomic mass is 10.00. The van der Waals surface area contributed by atoms with Crippen molar-refractivity contribution in [1.82, 2.24) is 0 Å². The van der Waals surface area contributed by atoms with Crippen LogP contribution in [0.4, 0.5) is 0 Å². The van der Waals surface area contributed by atoms with Gasteiger partial charge in [0.25, 0.3) is 0 Å². The molecule has 0 aromatic heterocycles. The second-order valence-electron chi connectivity index (χ2n) is 3.58. The summed E-state index contributed by atoms with van der Waals surface area (Å²) in [6, 6.07) is 0. The Bertz CT molecular complexity index is 437. The van der Waals surface area contributed by atoms with Gasteiger partial charge in [-0.15, -0.1) is 4.33 Å². The number of rotatable bonds is 8. The quantitative estimate of drug-likeness (QED) is 0.104. The van der Waals surface area contributed by atoms with Crippen LogP contribution in [0.1, 0.15) is 0 Å². The fraction of sp³-hybridized carbons (Fsp3) is 0.857. The molecule has 4 atom stereocenters. The Labute approximate surface area is 123 Å². The van der Waals surface area contributed by atoms with Crippen LogP contribution >= 0.6 is 12.3 Å². The van der Waals surface area contributed by atoms with Crippen LogP contribution in [0.25, 0.3) is 0 Å². The van der Waals surface area contributed by atoms with Crippen molar-refractivity contribution < 1.29 is 55.3 Å². The van der Waals surface area contributed by atoms with Crippen molar-refractivity contribution in [3.05, 3.63) is 0 Å². The van der Waals surface area contributed by atoms with Gasteiger partial charge in [-0.05, 0) is 0 Å². The SMILES string of the molecule is CO[C@H]1C(OS(=O)(=O)[O-])COC(C(=O)[O-])[C@@H]1OSOO[O-]. The summed E-state index contributed by atoms with van der Waals surface area (Å²) in [5.74, 6) is -1.70. The Hall–Kier alpha value is -0.550. The van der Waals surface area contributed by atoms with Crippen molar-refractivity contribution in [2.45, 2.75) is 24.4 Å². The topological polar surface area (TPSA) is 176 Å². The molecule has 0 aromatic carbocycles. The van der Waals surface area contributed by atoms with E-state index in [0.717, 1.165) is 7.11 Å². The van der Waals surface area contributed by atoms with E-state index < -0.39 is 47.4 Å². The molecule has 1 aliphatic heterocycles. The first kappa shape index (κ1) is 18.5. The summed E-state index contributed by atoms with van der Waals surface area (Å²) in [4.78, 5) is 10.9. The van der Waals surface area contributed by atoms with Gasteiger partial charge in [0.05, 0.1) is 12.6 Å². The lowest BCUT2D eigenvalue weighted by molar-refractivity contribution is -0.777. The number of carboxylic acids is 1. The van der Waals surface area contributed by atoms with E-state index in [2.05, 4.69) is 13.6 Å². The number of carbonyl (C=O) groups is 1. The third-order valence-electron chi connectivity index (χ3n) is 2.38. The maximum absolute atomic E-state index is 10.9. The molecule has 0 aromatic rings. The molecule has 2 unspecified atom stereocenters. The Balaban J connectivity index is 2.87. The van der Waals surface area contributed by atoms with Crippen LogP contribution in [0.5, 0.6) is 0 Å². The summed E-state index contributed by atoms with van der Waals surface area (Å²) >= 11 is -0.0489. The molecule has 124 valence electrons. The van der Waals surface area contributed by atoms with E-state index in [1.807, 2.05) is 0 Å². The molecule has 21 heavy (non-hydrogen) atoms. The van der Waals surface area contributed by atoms with E-state index in [9.17, 15) is 28.1 Å². The van der Waals surface area contributed by atoms with E-state index in [1.165, 1.54) is 0 Å². The summed E-state index contributed by atoms with van der Waals surface area (Å²) in [6.07, 6.45) is -6.01. The molecule has 1 rings (SSSR count). The molecule has 0 saturated carbocycles. The van der Waals surface area contributed by atoms with E-state index in [4.69, 9.17) is 13.7 Å². The van der Waals surface area contributed by atoms with E-state index in [-0.39, 0.29) is 12.3 Å². The highest BCUT2D eigenvalue weighted by molar-refractivity contribution is 7.89. The maximum atomic E-state index is 10.9. The van der Waals surface area contributed by atoms with Crippen molar-refractivity contribution in [3.8, 4) is 0 Å². The highest BCUT2D eigenvalue weighted by atomic mass is 32.3. The zero-order valence-corrected chi connectivity index (χ0v) is 11.9. The number of aliphatic carboxylic acids is 1. The normalized spacial score (nSPS) is 30.2. The van der Waals surface area contributed by atoms with E-state index >= 15 is 0 Å². The molecule has 14 heteroatoms. The van der Waals surface area contributed by atoms with E-state index in [1.54, 1.807) is 0 Å². The number of carbonyl (C=O) groups excluding carboxylic acids is 1. The van der Waals surface area contributed by atoms with Gasteiger partial charge in [-0.1, -0.05) is 0 Å². The average Bonchev–Trinajstić information content (AvgIpc) is 2.37.